The molecule has 0 radical (unpaired) electrons. The van der Waals surface area contributed by atoms with Gasteiger partial charge in [-0.25, -0.2) is 4.98 Å². The molecule has 2 N–H and O–H groups in total. The summed E-state index contributed by atoms with van der Waals surface area (Å²) in [5.74, 6) is 2.41. The van der Waals surface area contributed by atoms with Crippen molar-refractivity contribution in [2.45, 2.75) is 56.6 Å². The van der Waals surface area contributed by atoms with Crippen molar-refractivity contribution < 1.29 is 4.74 Å². The largest absolute Gasteiger partial charge is 0.368 e. The number of nitrogens with zero attached hydrogens (tertiary/aromatic N) is 4. The Balaban J connectivity index is 1.56. The van der Waals surface area contributed by atoms with Crippen LogP contribution in [0.1, 0.15) is 62.2 Å². The fraction of sp³-hybridized carbons (Fsp3) is 0.800. The minimum Gasteiger partial charge on any atom is -0.368 e. The average Bonchev–Trinajstić information content (AvgIpc) is 3.17. The summed E-state index contributed by atoms with van der Waals surface area (Å²) in [6, 6.07) is 0.592. The number of nitrogen functional groups attached to an aromatic ring is 1. The van der Waals surface area contributed by atoms with Crippen LogP contribution >= 0.6 is 0 Å². The van der Waals surface area contributed by atoms with Gasteiger partial charge >= 0.3 is 0 Å². The predicted molar refractivity (Wildman–Crippen MR) is 78.7 cm³/mol. The second kappa shape index (κ2) is 5.50. The molecule has 114 valence electrons. The van der Waals surface area contributed by atoms with Crippen molar-refractivity contribution in [1.29, 1.82) is 0 Å². The molecule has 1 aliphatic carbocycles. The molecule has 0 aromatic carbocycles. The zero-order chi connectivity index (χ0) is 14.2. The summed E-state index contributed by atoms with van der Waals surface area (Å²) < 4.78 is 6.00. The van der Waals surface area contributed by atoms with Crippen LogP contribution in [0.25, 0.3) is 0 Å². The van der Waals surface area contributed by atoms with Crippen molar-refractivity contribution in [3.8, 4) is 0 Å². The van der Waals surface area contributed by atoms with E-state index in [1.165, 1.54) is 45.1 Å². The highest BCUT2D eigenvalue weighted by atomic mass is 16.5. The topological polar surface area (TPSA) is 77.2 Å². The number of fused-ring (bicyclic) bond motifs is 1. The highest BCUT2D eigenvalue weighted by Crippen LogP contribution is 2.33. The van der Waals surface area contributed by atoms with E-state index in [4.69, 9.17) is 15.5 Å². The van der Waals surface area contributed by atoms with Gasteiger partial charge in [0.05, 0.1) is 6.61 Å². The molecule has 3 heterocycles. The Kier molecular flexibility index (Phi) is 3.51. The van der Waals surface area contributed by atoms with Crippen LogP contribution in [-0.4, -0.2) is 45.6 Å². The normalized spacial score (nSPS) is 30.7. The van der Waals surface area contributed by atoms with Gasteiger partial charge in [0.15, 0.2) is 5.82 Å². The van der Waals surface area contributed by atoms with Gasteiger partial charge in [0.25, 0.3) is 0 Å². The highest BCUT2D eigenvalue weighted by Gasteiger charge is 2.34. The minimum absolute atomic E-state index is 0.0511. The third-order valence-electron chi connectivity index (χ3n) is 5.08. The summed E-state index contributed by atoms with van der Waals surface area (Å²) in [7, 11) is 0. The molecule has 4 rings (SSSR count). The van der Waals surface area contributed by atoms with Crippen molar-refractivity contribution in [3.63, 3.8) is 0 Å². The number of nitrogens with two attached hydrogens (primary N) is 1. The lowest BCUT2D eigenvalue weighted by atomic mass is 10.1. The molecule has 21 heavy (non-hydrogen) atoms. The predicted octanol–water partition coefficient (Wildman–Crippen LogP) is 1.65. The third kappa shape index (κ3) is 2.62. The van der Waals surface area contributed by atoms with E-state index >= 15 is 0 Å². The molecule has 1 aromatic rings. The van der Waals surface area contributed by atoms with Gasteiger partial charge in [-0.05, 0) is 32.2 Å². The molecule has 6 nitrogen and oxygen atoms in total. The summed E-state index contributed by atoms with van der Waals surface area (Å²) in [5.41, 5.74) is 5.91. The van der Waals surface area contributed by atoms with Crippen LogP contribution in [0.2, 0.25) is 0 Å². The summed E-state index contributed by atoms with van der Waals surface area (Å²) in [6.45, 7) is 2.84. The van der Waals surface area contributed by atoms with E-state index in [9.17, 15) is 0 Å². The molecule has 2 atom stereocenters. The highest BCUT2D eigenvalue weighted by molar-refractivity contribution is 5.19. The lowest BCUT2D eigenvalue weighted by Crippen LogP contribution is -2.43. The first kappa shape index (κ1) is 13.4. The van der Waals surface area contributed by atoms with Crippen molar-refractivity contribution in [3.05, 3.63) is 11.6 Å². The lowest BCUT2D eigenvalue weighted by Gasteiger charge is -2.34. The SMILES string of the molecule is Nc1nc(C2CCCC2)nc(C2CN3CCCC3CO2)n1. The van der Waals surface area contributed by atoms with Crippen molar-refractivity contribution in [2.24, 2.45) is 0 Å². The maximum atomic E-state index is 6.00. The maximum Gasteiger partial charge on any atom is 0.223 e. The molecule has 2 unspecified atom stereocenters. The number of aromatic nitrogens is 3. The van der Waals surface area contributed by atoms with E-state index in [0.717, 1.165) is 24.8 Å². The fourth-order valence-electron chi connectivity index (χ4n) is 3.91. The second-order valence-electron chi connectivity index (χ2n) is 6.50. The Morgan fingerprint density at radius 1 is 1.00 bits per heavy atom. The van der Waals surface area contributed by atoms with Gasteiger partial charge in [0, 0.05) is 18.5 Å². The standard InChI is InChI=1S/C15H23N5O/c16-15-18-13(10-4-1-2-5-10)17-14(19-15)12-8-20-7-3-6-11(20)9-21-12/h10-12H,1-9H2,(H2,16,17,18,19). The number of anilines is 1. The zero-order valence-corrected chi connectivity index (χ0v) is 12.4. The number of ether oxygens (including phenoxy) is 1. The number of morpholine rings is 1. The smallest absolute Gasteiger partial charge is 0.223 e. The van der Waals surface area contributed by atoms with Gasteiger partial charge < -0.3 is 10.5 Å². The third-order valence-corrected chi connectivity index (χ3v) is 5.08. The van der Waals surface area contributed by atoms with Crippen LogP contribution < -0.4 is 5.73 Å². The molecule has 3 aliphatic rings. The number of hydrogen-bond acceptors (Lipinski definition) is 6. The fourth-order valence-corrected chi connectivity index (χ4v) is 3.91. The molecule has 1 aromatic heterocycles. The minimum atomic E-state index is -0.0511. The van der Waals surface area contributed by atoms with E-state index in [1.807, 2.05) is 0 Å². The van der Waals surface area contributed by atoms with Crippen LogP contribution in [0.4, 0.5) is 5.95 Å². The van der Waals surface area contributed by atoms with Crippen LogP contribution in [0.15, 0.2) is 0 Å². The number of rotatable bonds is 2. The summed E-state index contributed by atoms with van der Waals surface area (Å²) >= 11 is 0. The van der Waals surface area contributed by atoms with Crippen LogP contribution in [-0.2, 0) is 4.74 Å². The molecule has 2 saturated heterocycles. The van der Waals surface area contributed by atoms with Gasteiger partial charge in [0.2, 0.25) is 5.95 Å². The van der Waals surface area contributed by atoms with Crippen molar-refractivity contribution >= 4 is 5.95 Å². The van der Waals surface area contributed by atoms with Gasteiger partial charge in [-0.3, -0.25) is 4.90 Å². The molecular weight excluding hydrogens is 266 g/mol. The van der Waals surface area contributed by atoms with Gasteiger partial charge in [-0.2, -0.15) is 9.97 Å². The first-order valence-electron chi connectivity index (χ1n) is 8.16. The Bertz CT molecular complexity index is 517. The van der Waals surface area contributed by atoms with Crippen LogP contribution in [0.3, 0.4) is 0 Å². The van der Waals surface area contributed by atoms with Gasteiger partial charge in [-0.15, -0.1) is 0 Å². The van der Waals surface area contributed by atoms with E-state index in [0.29, 0.717) is 17.9 Å². The van der Waals surface area contributed by atoms with E-state index in [-0.39, 0.29) is 6.10 Å². The molecule has 1 saturated carbocycles. The summed E-state index contributed by atoms with van der Waals surface area (Å²) in [4.78, 5) is 15.9. The summed E-state index contributed by atoms with van der Waals surface area (Å²) in [5, 5.41) is 0. The summed E-state index contributed by atoms with van der Waals surface area (Å²) in [6.07, 6.45) is 7.34. The molecule has 6 heteroatoms. The molecule has 2 aliphatic heterocycles. The van der Waals surface area contributed by atoms with Gasteiger partial charge in [0.1, 0.15) is 11.9 Å². The Morgan fingerprint density at radius 3 is 2.67 bits per heavy atom. The van der Waals surface area contributed by atoms with E-state index < -0.39 is 0 Å². The Morgan fingerprint density at radius 2 is 1.81 bits per heavy atom. The number of hydrogen-bond donors (Lipinski definition) is 1. The quantitative estimate of drug-likeness (QED) is 0.892. The maximum absolute atomic E-state index is 6.00. The van der Waals surface area contributed by atoms with E-state index in [2.05, 4.69) is 14.9 Å². The molecular formula is C15H23N5O. The van der Waals surface area contributed by atoms with Gasteiger partial charge in [-0.1, -0.05) is 12.8 Å². The molecule has 3 fully saturated rings. The zero-order valence-electron chi connectivity index (χ0n) is 12.4. The van der Waals surface area contributed by atoms with Crippen LogP contribution in [0.5, 0.6) is 0 Å². The first-order chi connectivity index (χ1) is 10.3. The molecule has 0 bridgehead atoms. The average molecular weight is 289 g/mol. The Hall–Kier alpha value is -1.27. The molecule has 0 spiro atoms. The van der Waals surface area contributed by atoms with Crippen LogP contribution in [0, 0.1) is 0 Å². The van der Waals surface area contributed by atoms with Crippen molar-refractivity contribution in [1.82, 2.24) is 19.9 Å². The molecule has 0 amide bonds. The van der Waals surface area contributed by atoms with E-state index in [1.54, 1.807) is 0 Å². The Labute approximate surface area is 125 Å². The van der Waals surface area contributed by atoms with Crippen molar-refractivity contribution in [2.75, 3.05) is 25.4 Å². The first-order valence-corrected chi connectivity index (χ1v) is 8.16. The lowest BCUT2D eigenvalue weighted by molar-refractivity contribution is -0.0542. The second-order valence-corrected chi connectivity index (χ2v) is 6.50. The monoisotopic (exact) mass is 289 g/mol.